The summed E-state index contributed by atoms with van der Waals surface area (Å²) in [4.78, 5) is 80.4. The quantitative estimate of drug-likeness (QED) is 0.0732. The predicted molar refractivity (Wildman–Crippen MR) is 157 cm³/mol. The Morgan fingerprint density at radius 1 is 0.727 bits per heavy atom. The molecular formula is C26H30N4O12S2. The van der Waals surface area contributed by atoms with Gasteiger partial charge in [0.25, 0.3) is 22.0 Å². The van der Waals surface area contributed by atoms with Gasteiger partial charge in [0.15, 0.2) is 0 Å². The number of esters is 2. The number of hydrogen-bond donors (Lipinski definition) is 2. The van der Waals surface area contributed by atoms with Crippen molar-refractivity contribution < 1.29 is 48.5 Å². The van der Waals surface area contributed by atoms with E-state index in [0.717, 1.165) is 21.6 Å². The standard InChI is InChI=1S/C26H30N4O12S2/c1-3-39-25(33)21(27-23(31)19-9-5-7-17(11-19)13-41-29(35)36)15-43-44-16-22(26(34)40-4-2)28-24(32)20-10-6-8-18(12-20)14-42-30(37)38/h5-12,21-22H,3-4,13-16H2,1-2H3,(H,27,31)(H,28,32)/t21-,22-/m1/s1. The summed E-state index contributed by atoms with van der Waals surface area (Å²) < 4.78 is 10.1. The van der Waals surface area contributed by atoms with Crippen LogP contribution in [0.15, 0.2) is 48.5 Å². The van der Waals surface area contributed by atoms with Gasteiger partial charge < -0.3 is 29.8 Å². The first-order valence-corrected chi connectivity index (χ1v) is 15.4. The van der Waals surface area contributed by atoms with Gasteiger partial charge in [0.05, 0.1) is 13.2 Å². The molecule has 0 bridgehead atoms. The summed E-state index contributed by atoms with van der Waals surface area (Å²) in [6, 6.07) is 9.64. The van der Waals surface area contributed by atoms with Crippen LogP contribution in [0.4, 0.5) is 0 Å². The van der Waals surface area contributed by atoms with Gasteiger partial charge >= 0.3 is 11.9 Å². The van der Waals surface area contributed by atoms with Crippen LogP contribution in [0.2, 0.25) is 0 Å². The highest BCUT2D eigenvalue weighted by atomic mass is 33.1. The number of benzene rings is 2. The molecule has 2 aromatic carbocycles. The van der Waals surface area contributed by atoms with Gasteiger partial charge in [0, 0.05) is 22.6 Å². The van der Waals surface area contributed by atoms with Gasteiger partial charge in [0.2, 0.25) is 0 Å². The maximum atomic E-state index is 12.9. The van der Waals surface area contributed by atoms with Crippen molar-refractivity contribution in [3.8, 4) is 0 Å². The minimum Gasteiger partial charge on any atom is -0.464 e. The number of ether oxygens (including phenoxy) is 2. The van der Waals surface area contributed by atoms with Crippen molar-refractivity contribution in [1.82, 2.24) is 10.6 Å². The van der Waals surface area contributed by atoms with Crippen molar-refractivity contribution in [2.75, 3.05) is 24.7 Å². The maximum absolute atomic E-state index is 12.9. The second-order valence-electron chi connectivity index (χ2n) is 8.52. The van der Waals surface area contributed by atoms with E-state index in [2.05, 4.69) is 20.3 Å². The third-order valence-electron chi connectivity index (χ3n) is 5.36. The van der Waals surface area contributed by atoms with Crippen LogP contribution in [0.1, 0.15) is 45.7 Å². The Hall–Kier alpha value is -4.58. The van der Waals surface area contributed by atoms with E-state index in [1.54, 1.807) is 13.8 Å². The highest BCUT2D eigenvalue weighted by Crippen LogP contribution is 2.24. The molecule has 0 aliphatic rings. The Bertz CT molecular complexity index is 1230. The molecule has 0 radical (unpaired) electrons. The highest BCUT2D eigenvalue weighted by Gasteiger charge is 2.26. The molecule has 0 fully saturated rings. The summed E-state index contributed by atoms with van der Waals surface area (Å²) >= 11 is 0. The van der Waals surface area contributed by atoms with E-state index in [9.17, 15) is 39.4 Å². The van der Waals surface area contributed by atoms with Crippen molar-refractivity contribution in [2.24, 2.45) is 0 Å². The molecule has 0 spiro atoms. The zero-order chi connectivity index (χ0) is 32.5. The van der Waals surface area contributed by atoms with Crippen molar-refractivity contribution >= 4 is 45.3 Å². The molecule has 238 valence electrons. The molecule has 0 saturated carbocycles. The van der Waals surface area contributed by atoms with E-state index >= 15 is 0 Å². The van der Waals surface area contributed by atoms with Gasteiger partial charge in [-0.3, -0.25) is 9.59 Å². The second-order valence-corrected chi connectivity index (χ2v) is 11.1. The number of amides is 2. The molecular weight excluding hydrogens is 624 g/mol. The number of nitrogens with zero attached hydrogens (tertiary/aromatic N) is 2. The molecule has 0 heterocycles. The lowest BCUT2D eigenvalue weighted by Gasteiger charge is -2.19. The largest absolute Gasteiger partial charge is 0.464 e. The van der Waals surface area contributed by atoms with Gasteiger partial charge in [-0.25, -0.2) is 9.59 Å². The number of nitrogens with one attached hydrogen (secondary N) is 2. The van der Waals surface area contributed by atoms with E-state index in [0.29, 0.717) is 11.1 Å². The summed E-state index contributed by atoms with van der Waals surface area (Å²) in [5.41, 5.74) is 1.02. The van der Waals surface area contributed by atoms with E-state index in [1.165, 1.54) is 48.5 Å². The third kappa shape index (κ3) is 12.7. The van der Waals surface area contributed by atoms with E-state index in [1.807, 2.05) is 0 Å². The molecule has 2 aromatic rings. The summed E-state index contributed by atoms with van der Waals surface area (Å²) in [6.45, 7) is 2.62. The smallest absolute Gasteiger partial charge is 0.329 e. The molecule has 44 heavy (non-hydrogen) atoms. The first-order valence-electron chi connectivity index (χ1n) is 13.0. The minimum absolute atomic E-state index is 0.0291. The fraction of sp³-hybridized carbons (Fsp3) is 0.385. The van der Waals surface area contributed by atoms with Crippen molar-refractivity contribution in [1.29, 1.82) is 0 Å². The highest BCUT2D eigenvalue weighted by molar-refractivity contribution is 8.76. The van der Waals surface area contributed by atoms with E-state index < -0.39 is 46.0 Å². The number of carbonyl (C=O) groups is 4. The SMILES string of the molecule is CCOC(=O)[C@@H](CSSC[C@@H](NC(=O)c1cccc(CO[N+](=O)[O-])c1)C(=O)OCC)NC(=O)c1cccc(CO[N+](=O)[O-])c1. The lowest BCUT2D eigenvalue weighted by atomic mass is 10.1. The molecule has 0 aliphatic carbocycles. The van der Waals surface area contributed by atoms with Crippen LogP contribution in [0, 0.1) is 20.2 Å². The minimum atomic E-state index is -1.08. The van der Waals surface area contributed by atoms with Gasteiger partial charge in [-0.1, -0.05) is 45.9 Å². The van der Waals surface area contributed by atoms with E-state index in [-0.39, 0.29) is 49.1 Å². The van der Waals surface area contributed by atoms with Crippen LogP contribution < -0.4 is 10.6 Å². The Kier molecular flexibility index (Phi) is 15.3. The molecule has 18 heteroatoms. The molecule has 2 atom stereocenters. The Morgan fingerprint density at radius 2 is 1.11 bits per heavy atom. The summed E-state index contributed by atoms with van der Waals surface area (Å²) in [5, 5.41) is 24.2. The van der Waals surface area contributed by atoms with Crippen LogP contribution in [0.5, 0.6) is 0 Å². The molecule has 2 N–H and O–H groups in total. The van der Waals surface area contributed by atoms with Gasteiger partial charge in [0.1, 0.15) is 25.3 Å². The average Bonchev–Trinajstić information content (AvgIpc) is 3.00. The molecule has 0 aliphatic heterocycles. The summed E-state index contributed by atoms with van der Waals surface area (Å²) in [7, 11) is 2.26. The normalized spacial score (nSPS) is 11.8. The zero-order valence-corrected chi connectivity index (χ0v) is 25.3. The molecule has 16 nitrogen and oxygen atoms in total. The Morgan fingerprint density at radius 3 is 1.45 bits per heavy atom. The third-order valence-corrected chi connectivity index (χ3v) is 7.78. The van der Waals surface area contributed by atoms with Crippen LogP contribution in [0.3, 0.4) is 0 Å². The fourth-order valence-corrected chi connectivity index (χ4v) is 5.69. The lowest BCUT2D eigenvalue weighted by Crippen LogP contribution is -2.44. The number of rotatable bonds is 19. The molecule has 2 amide bonds. The molecule has 2 rings (SSSR count). The maximum Gasteiger partial charge on any atom is 0.329 e. The first kappa shape index (κ1) is 35.6. The predicted octanol–water partition coefficient (Wildman–Crippen LogP) is 2.51. The van der Waals surface area contributed by atoms with Crippen molar-refractivity contribution in [3.63, 3.8) is 0 Å². The lowest BCUT2D eigenvalue weighted by molar-refractivity contribution is -0.763. The van der Waals surface area contributed by atoms with Crippen LogP contribution in [-0.2, 0) is 42.0 Å². The summed E-state index contributed by atoms with van der Waals surface area (Å²) in [5.74, 6) is -2.59. The van der Waals surface area contributed by atoms with E-state index in [4.69, 9.17) is 9.47 Å². The first-order chi connectivity index (χ1) is 21.0. The van der Waals surface area contributed by atoms with Crippen LogP contribution in [-0.4, -0.2) is 70.7 Å². The number of carbonyl (C=O) groups excluding carboxylic acids is 4. The molecule has 0 saturated heterocycles. The number of hydrogen-bond acceptors (Lipinski definition) is 14. The fourth-order valence-electron chi connectivity index (χ4n) is 3.40. The molecule has 0 unspecified atom stereocenters. The van der Waals surface area contributed by atoms with Crippen molar-refractivity contribution in [2.45, 2.75) is 39.1 Å². The van der Waals surface area contributed by atoms with Crippen LogP contribution >= 0.6 is 21.6 Å². The topological polar surface area (TPSA) is 216 Å². The van der Waals surface area contributed by atoms with Gasteiger partial charge in [-0.2, -0.15) is 0 Å². The average molecular weight is 655 g/mol. The summed E-state index contributed by atoms with van der Waals surface area (Å²) in [6.07, 6.45) is 0. The second kappa shape index (κ2) is 18.9. The van der Waals surface area contributed by atoms with Crippen molar-refractivity contribution in [3.05, 3.63) is 91.0 Å². The monoisotopic (exact) mass is 654 g/mol. The van der Waals surface area contributed by atoms with Crippen LogP contribution in [0.25, 0.3) is 0 Å². The Balaban J connectivity index is 2.03. The Labute approximate surface area is 259 Å². The van der Waals surface area contributed by atoms with Gasteiger partial charge in [-0.15, -0.1) is 20.2 Å². The van der Waals surface area contributed by atoms with Gasteiger partial charge in [-0.05, 0) is 49.2 Å². The zero-order valence-electron chi connectivity index (χ0n) is 23.6. The molecule has 0 aromatic heterocycles.